The Bertz CT molecular complexity index is 470. The maximum atomic E-state index is 11.0. The minimum absolute atomic E-state index is 0.00934. The molecule has 0 aliphatic rings. The van der Waals surface area contributed by atoms with Gasteiger partial charge in [0.05, 0.1) is 5.75 Å². The fourth-order valence-electron chi connectivity index (χ4n) is 1.32. The van der Waals surface area contributed by atoms with E-state index in [9.17, 15) is 8.42 Å². The van der Waals surface area contributed by atoms with E-state index < -0.39 is 9.84 Å². The predicted octanol–water partition coefficient (Wildman–Crippen LogP) is 1.67. The quantitative estimate of drug-likeness (QED) is 0.829. The Morgan fingerprint density at radius 3 is 2.65 bits per heavy atom. The van der Waals surface area contributed by atoms with Gasteiger partial charge in [0.15, 0.2) is 0 Å². The van der Waals surface area contributed by atoms with Gasteiger partial charge >= 0.3 is 0 Å². The Balaban J connectivity index is 2.59. The number of hydrogen-bond donors (Lipinski definition) is 1. The van der Waals surface area contributed by atoms with E-state index in [0.717, 1.165) is 0 Å². The molecule has 0 fully saturated rings. The van der Waals surface area contributed by atoms with Crippen molar-refractivity contribution < 1.29 is 8.42 Å². The van der Waals surface area contributed by atoms with Gasteiger partial charge in [0.1, 0.15) is 26.6 Å². The van der Waals surface area contributed by atoms with Crippen molar-refractivity contribution >= 4 is 27.3 Å². The molecule has 0 aliphatic carbocycles. The van der Waals surface area contributed by atoms with Gasteiger partial charge in [-0.25, -0.2) is 18.4 Å². The van der Waals surface area contributed by atoms with E-state index in [2.05, 4.69) is 15.3 Å². The van der Waals surface area contributed by atoms with Crippen LogP contribution in [0.1, 0.15) is 19.2 Å². The number of halogens is 1. The Labute approximate surface area is 107 Å². The van der Waals surface area contributed by atoms with Crippen LogP contribution in [0, 0.1) is 6.92 Å². The minimum Gasteiger partial charge on any atom is -0.367 e. The molecule has 0 bridgehead atoms. The zero-order valence-electron chi connectivity index (χ0n) is 10.1. The largest absolute Gasteiger partial charge is 0.367 e. The molecule has 5 nitrogen and oxygen atoms in total. The fourth-order valence-corrected chi connectivity index (χ4v) is 2.33. The second-order valence-electron chi connectivity index (χ2n) is 4.09. The summed E-state index contributed by atoms with van der Waals surface area (Å²) in [4.78, 5) is 8.11. The van der Waals surface area contributed by atoms with Crippen LogP contribution in [0.3, 0.4) is 0 Å². The lowest BCUT2D eigenvalue weighted by molar-refractivity contribution is 0.595. The lowest BCUT2D eigenvalue weighted by Gasteiger charge is -2.14. The summed E-state index contributed by atoms with van der Waals surface area (Å²) in [5.41, 5.74) is 0. The first kappa shape index (κ1) is 14.2. The fraction of sp³-hybridized carbons (Fsp3) is 0.600. The van der Waals surface area contributed by atoms with E-state index in [1.54, 1.807) is 13.0 Å². The van der Waals surface area contributed by atoms with E-state index in [0.29, 0.717) is 23.2 Å². The lowest BCUT2D eigenvalue weighted by Crippen LogP contribution is -2.20. The van der Waals surface area contributed by atoms with Gasteiger partial charge in [-0.3, -0.25) is 0 Å². The number of aryl methyl sites for hydroxylation is 1. The summed E-state index contributed by atoms with van der Waals surface area (Å²) in [6, 6.07) is 1.63. The molecule has 96 valence electrons. The summed E-state index contributed by atoms with van der Waals surface area (Å²) < 4.78 is 22.0. The van der Waals surface area contributed by atoms with Gasteiger partial charge < -0.3 is 5.32 Å². The molecule has 1 rings (SSSR count). The molecule has 0 amide bonds. The van der Waals surface area contributed by atoms with Crippen LogP contribution < -0.4 is 5.32 Å². The Hall–Kier alpha value is -0.880. The molecule has 7 heteroatoms. The summed E-state index contributed by atoms with van der Waals surface area (Å²) in [5, 5.41) is 3.47. The number of nitrogens with one attached hydrogen (secondary N) is 1. The highest BCUT2D eigenvalue weighted by atomic mass is 35.5. The Morgan fingerprint density at radius 2 is 2.12 bits per heavy atom. The molecule has 1 atom stereocenters. The van der Waals surface area contributed by atoms with E-state index >= 15 is 0 Å². The molecule has 1 aromatic heterocycles. The standard InChI is InChI=1S/C10H16ClN3O2S/c1-7(4-5-17(3,15)16)12-10-6-9(11)13-8(2)14-10/h6-7H,4-5H2,1-3H3,(H,12,13,14). The van der Waals surface area contributed by atoms with Crippen LogP contribution in [-0.4, -0.2) is 36.4 Å². The van der Waals surface area contributed by atoms with Gasteiger partial charge in [-0.05, 0) is 20.3 Å². The lowest BCUT2D eigenvalue weighted by atomic mass is 10.2. The highest BCUT2D eigenvalue weighted by Gasteiger charge is 2.09. The Kier molecular flexibility index (Phi) is 4.70. The number of sulfone groups is 1. The zero-order valence-corrected chi connectivity index (χ0v) is 11.6. The van der Waals surface area contributed by atoms with Crippen LogP contribution in [0.2, 0.25) is 5.15 Å². The van der Waals surface area contributed by atoms with Gasteiger partial charge in [0, 0.05) is 18.4 Å². The molecular formula is C10H16ClN3O2S. The Morgan fingerprint density at radius 1 is 1.47 bits per heavy atom. The van der Waals surface area contributed by atoms with Crippen molar-refractivity contribution in [3.05, 3.63) is 17.0 Å². The van der Waals surface area contributed by atoms with Crippen molar-refractivity contribution in [3.63, 3.8) is 0 Å². The molecule has 1 unspecified atom stereocenters. The van der Waals surface area contributed by atoms with Gasteiger partial charge in [-0.15, -0.1) is 0 Å². The molecule has 1 heterocycles. The predicted molar refractivity (Wildman–Crippen MR) is 69.2 cm³/mol. The summed E-state index contributed by atoms with van der Waals surface area (Å²) in [5.74, 6) is 1.35. The SMILES string of the molecule is Cc1nc(Cl)cc(NC(C)CCS(C)(=O)=O)n1. The number of aromatic nitrogens is 2. The molecule has 1 N–H and O–H groups in total. The molecule has 0 aliphatic heterocycles. The summed E-state index contributed by atoms with van der Waals surface area (Å²) in [6.07, 6.45) is 1.75. The molecular weight excluding hydrogens is 262 g/mol. The van der Waals surface area contributed by atoms with Crippen molar-refractivity contribution in [2.75, 3.05) is 17.3 Å². The van der Waals surface area contributed by atoms with Crippen molar-refractivity contribution in [3.8, 4) is 0 Å². The third kappa shape index (κ3) is 5.83. The van der Waals surface area contributed by atoms with E-state index in [1.165, 1.54) is 6.26 Å². The van der Waals surface area contributed by atoms with Crippen molar-refractivity contribution in [1.82, 2.24) is 9.97 Å². The van der Waals surface area contributed by atoms with Gasteiger partial charge in [-0.2, -0.15) is 0 Å². The monoisotopic (exact) mass is 277 g/mol. The topological polar surface area (TPSA) is 72.0 Å². The van der Waals surface area contributed by atoms with Crippen molar-refractivity contribution in [1.29, 1.82) is 0 Å². The molecule has 0 saturated carbocycles. The van der Waals surface area contributed by atoms with Gasteiger partial charge in [0.25, 0.3) is 0 Å². The minimum atomic E-state index is -2.93. The van der Waals surface area contributed by atoms with Crippen LogP contribution in [0.4, 0.5) is 5.82 Å². The first-order valence-corrected chi connectivity index (χ1v) is 7.65. The molecule has 0 saturated heterocycles. The second-order valence-corrected chi connectivity index (χ2v) is 6.73. The van der Waals surface area contributed by atoms with E-state index in [4.69, 9.17) is 11.6 Å². The van der Waals surface area contributed by atoms with Crippen LogP contribution in [0.5, 0.6) is 0 Å². The highest BCUT2D eigenvalue weighted by molar-refractivity contribution is 7.90. The number of hydrogen-bond acceptors (Lipinski definition) is 5. The highest BCUT2D eigenvalue weighted by Crippen LogP contribution is 2.13. The van der Waals surface area contributed by atoms with E-state index in [1.807, 2.05) is 6.92 Å². The van der Waals surface area contributed by atoms with Crippen LogP contribution in [-0.2, 0) is 9.84 Å². The maximum Gasteiger partial charge on any atom is 0.147 e. The summed E-state index contributed by atoms with van der Waals surface area (Å²) >= 11 is 5.80. The van der Waals surface area contributed by atoms with Crippen molar-refractivity contribution in [2.24, 2.45) is 0 Å². The smallest absolute Gasteiger partial charge is 0.147 e. The normalized spacial score (nSPS) is 13.4. The van der Waals surface area contributed by atoms with Gasteiger partial charge in [-0.1, -0.05) is 11.6 Å². The zero-order chi connectivity index (χ0) is 13.1. The first-order valence-electron chi connectivity index (χ1n) is 5.22. The molecule has 0 spiro atoms. The third-order valence-corrected chi connectivity index (χ3v) is 3.29. The van der Waals surface area contributed by atoms with Crippen molar-refractivity contribution in [2.45, 2.75) is 26.3 Å². The molecule has 1 aromatic rings. The van der Waals surface area contributed by atoms with Crippen LogP contribution >= 0.6 is 11.6 Å². The van der Waals surface area contributed by atoms with Gasteiger partial charge in [0.2, 0.25) is 0 Å². The average molecular weight is 278 g/mol. The molecule has 17 heavy (non-hydrogen) atoms. The molecule has 0 radical (unpaired) electrons. The third-order valence-electron chi connectivity index (χ3n) is 2.12. The summed E-state index contributed by atoms with van der Waals surface area (Å²) in [7, 11) is -2.93. The molecule has 0 aromatic carbocycles. The second kappa shape index (κ2) is 5.64. The van der Waals surface area contributed by atoms with Crippen LogP contribution in [0.15, 0.2) is 6.07 Å². The summed E-state index contributed by atoms with van der Waals surface area (Å²) in [6.45, 7) is 3.65. The number of nitrogens with zero attached hydrogens (tertiary/aromatic N) is 2. The first-order chi connectivity index (χ1) is 7.76. The van der Waals surface area contributed by atoms with Crippen LogP contribution in [0.25, 0.3) is 0 Å². The van der Waals surface area contributed by atoms with E-state index in [-0.39, 0.29) is 11.8 Å². The average Bonchev–Trinajstić information content (AvgIpc) is 2.11. The number of anilines is 1. The maximum absolute atomic E-state index is 11.0. The number of rotatable bonds is 5.